The predicted octanol–water partition coefficient (Wildman–Crippen LogP) is -0.194. The van der Waals surface area contributed by atoms with Gasteiger partial charge in [0.1, 0.15) is 6.04 Å². The summed E-state index contributed by atoms with van der Waals surface area (Å²) >= 11 is -1.10. The molecule has 0 radical (unpaired) electrons. The summed E-state index contributed by atoms with van der Waals surface area (Å²) in [6.07, 6.45) is 2.08. The summed E-state index contributed by atoms with van der Waals surface area (Å²) in [7, 11) is 0. The molecule has 0 saturated carbocycles. The fourth-order valence-corrected chi connectivity index (χ4v) is 1.16. The molecule has 0 bridgehead atoms. The molecular weight excluding hydrogens is 301 g/mol. The van der Waals surface area contributed by atoms with E-state index in [1.807, 2.05) is 0 Å². The minimum absolute atomic E-state index is 0.505. The Hall–Kier alpha value is -0.160. The third kappa shape index (κ3) is 7.26. The van der Waals surface area contributed by atoms with E-state index in [-0.39, 0.29) is 0 Å². The fourth-order valence-electron chi connectivity index (χ4n) is 0.886. The van der Waals surface area contributed by atoms with Gasteiger partial charge in [-0.25, -0.2) is 9.06 Å². The second-order valence-corrected chi connectivity index (χ2v) is 3.65. The van der Waals surface area contributed by atoms with Crippen LogP contribution in [-0.4, -0.2) is 23.7 Å². The Morgan fingerprint density at radius 2 is 2.29 bits per heavy atom. The van der Waals surface area contributed by atoms with Crippen LogP contribution in [0.25, 0.3) is 3.56 Å². The number of carboxylic acids is 1. The van der Waals surface area contributed by atoms with E-state index in [0.29, 0.717) is 13.0 Å². The molecule has 0 unspecified atom stereocenters. The number of hydrogen-bond acceptors (Lipinski definition) is 4. The monoisotopic (exact) mass is 316 g/mol. The van der Waals surface area contributed by atoms with Gasteiger partial charge in [0.15, 0.2) is 0 Å². The van der Waals surface area contributed by atoms with Gasteiger partial charge in [-0.05, 0) is 25.8 Å². The van der Waals surface area contributed by atoms with Gasteiger partial charge in [-0.2, -0.15) is 26.8 Å². The summed E-state index contributed by atoms with van der Waals surface area (Å²) < 4.78 is 10.9. The van der Waals surface area contributed by atoms with Crippen molar-refractivity contribution >= 4 is 27.3 Å². The Kier molecular flexibility index (Phi) is 9.29. The standard InChI is InChI=1S/C6H15IN5O2/c8-4-2-1-3-5(6(13)14)10-12-11-7-9/h5,10,12H,1-4,8H2,(H2-,9,11,13,14)/q-1/t5-/m0/s1. The normalized spacial score (nSPS) is 12.6. The average molecular weight is 316 g/mol. The van der Waals surface area contributed by atoms with E-state index in [1.54, 1.807) is 0 Å². The molecule has 0 spiro atoms. The van der Waals surface area contributed by atoms with Crippen molar-refractivity contribution < 1.29 is 9.90 Å². The van der Waals surface area contributed by atoms with Gasteiger partial charge < -0.3 is 14.4 Å². The van der Waals surface area contributed by atoms with E-state index < -0.39 is 33.3 Å². The van der Waals surface area contributed by atoms with E-state index in [4.69, 9.17) is 14.4 Å². The molecule has 8 heteroatoms. The summed E-state index contributed by atoms with van der Waals surface area (Å²) in [5, 5.41) is 8.76. The first kappa shape index (κ1) is 13.8. The summed E-state index contributed by atoms with van der Waals surface area (Å²) in [5.74, 6) is -0.924. The first-order valence-corrected chi connectivity index (χ1v) is 6.22. The van der Waals surface area contributed by atoms with Crippen molar-refractivity contribution in [2.24, 2.45) is 5.73 Å². The van der Waals surface area contributed by atoms with Crippen LogP contribution >= 0.6 is 21.3 Å². The number of unbranched alkanes of at least 4 members (excludes halogenated alkanes) is 1. The summed E-state index contributed by atoms with van der Waals surface area (Å²) in [6, 6.07) is -0.662. The zero-order valence-electron chi connectivity index (χ0n) is 7.66. The van der Waals surface area contributed by atoms with Crippen molar-refractivity contribution in [1.29, 1.82) is 0 Å². The van der Waals surface area contributed by atoms with Crippen LogP contribution in [0.4, 0.5) is 0 Å². The molecule has 0 aromatic heterocycles. The largest absolute Gasteiger partial charge is 0.760 e. The molecule has 0 saturated heterocycles. The van der Waals surface area contributed by atoms with Gasteiger partial charge in [0.2, 0.25) is 0 Å². The first-order valence-electron chi connectivity index (χ1n) is 4.18. The Balaban J connectivity index is 3.66. The Morgan fingerprint density at radius 3 is 2.79 bits per heavy atom. The summed E-state index contributed by atoms with van der Waals surface area (Å²) in [4.78, 5) is 10.7. The smallest absolute Gasteiger partial charge is 0.322 e. The molecule has 0 aliphatic carbocycles. The van der Waals surface area contributed by atoms with E-state index >= 15 is 0 Å². The number of nitrogens with one attached hydrogen (secondary N) is 3. The molecule has 0 aromatic carbocycles. The first-order chi connectivity index (χ1) is 6.72. The third-order valence-corrected chi connectivity index (χ3v) is 2.09. The molecule has 0 rings (SSSR count). The molecule has 0 aliphatic heterocycles. The molecule has 14 heavy (non-hydrogen) atoms. The van der Waals surface area contributed by atoms with Crippen molar-refractivity contribution in [3.8, 4) is 0 Å². The van der Waals surface area contributed by atoms with E-state index in [2.05, 4.69) is 14.6 Å². The molecule has 7 nitrogen and oxygen atoms in total. The lowest BCUT2D eigenvalue weighted by Crippen LogP contribution is -2.48. The van der Waals surface area contributed by atoms with Crippen LogP contribution in [0.1, 0.15) is 19.3 Å². The van der Waals surface area contributed by atoms with Crippen LogP contribution in [0, 0.1) is 0 Å². The number of nitrogens with two attached hydrogens (primary N) is 1. The highest BCUT2D eigenvalue weighted by molar-refractivity contribution is 14.2. The van der Waals surface area contributed by atoms with Crippen LogP contribution < -0.4 is 20.3 Å². The lowest BCUT2D eigenvalue weighted by molar-refractivity contribution is -0.140. The second kappa shape index (κ2) is 9.40. The number of hydrazine groups is 2. The molecule has 0 aromatic rings. The maximum Gasteiger partial charge on any atom is 0.322 e. The second-order valence-electron chi connectivity index (χ2n) is 2.62. The molecule has 6 N–H and O–H groups in total. The van der Waals surface area contributed by atoms with Crippen LogP contribution in [0.15, 0.2) is 0 Å². The topological polar surface area (TPSA) is 122 Å². The quantitative estimate of drug-likeness (QED) is 0.174. The van der Waals surface area contributed by atoms with E-state index in [0.717, 1.165) is 12.8 Å². The predicted molar refractivity (Wildman–Crippen MR) is 61.1 cm³/mol. The summed E-state index contributed by atoms with van der Waals surface area (Å²) in [5.41, 5.74) is 10.3. The van der Waals surface area contributed by atoms with Gasteiger partial charge in [0.05, 0.1) is 0 Å². The number of halogens is 1. The zero-order chi connectivity index (χ0) is 10.8. The maximum atomic E-state index is 10.7. The number of carbonyl (C=O) groups is 1. The SMILES string of the molecule is [N-]=INNN[C@@H](CCCCN)C(=O)O. The highest BCUT2D eigenvalue weighted by atomic mass is 127. The third-order valence-electron chi connectivity index (χ3n) is 1.58. The molecule has 0 fully saturated rings. The van der Waals surface area contributed by atoms with Gasteiger partial charge in [-0.15, -0.1) is 0 Å². The minimum Gasteiger partial charge on any atom is -0.760 e. The molecule has 84 valence electrons. The maximum absolute atomic E-state index is 10.7. The average Bonchev–Trinajstić information content (AvgIpc) is 2.15. The molecule has 0 aliphatic rings. The fraction of sp³-hybridized carbons (Fsp3) is 0.833. The minimum atomic E-state index is -1.10. The van der Waals surface area contributed by atoms with Crippen molar-refractivity contribution in [3.63, 3.8) is 0 Å². The lowest BCUT2D eigenvalue weighted by Gasteiger charge is -2.14. The lowest BCUT2D eigenvalue weighted by atomic mass is 10.1. The number of carboxylic acid groups (broad SMARTS) is 1. The van der Waals surface area contributed by atoms with Gasteiger partial charge >= 0.3 is 5.97 Å². The molecule has 0 heterocycles. The van der Waals surface area contributed by atoms with Crippen LogP contribution in [0.5, 0.6) is 0 Å². The van der Waals surface area contributed by atoms with Crippen molar-refractivity contribution in [2.75, 3.05) is 6.54 Å². The van der Waals surface area contributed by atoms with E-state index in [1.165, 1.54) is 0 Å². The highest BCUT2D eigenvalue weighted by Gasteiger charge is 2.15. The molecule has 1 atom stereocenters. The van der Waals surface area contributed by atoms with Crippen LogP contribution in [0.2, 0.25) is 0 Å². The van der Waals surface area contributed by atoms with Gasteiger partial charge in [-0.1, -0.05) is 0 Å². The number of hydrogen-bond donors (Lipinski definition) is 5. The van der Waals surface area contributed by atoms with E-state index in [9.17, 15) is 4.79 Å². The van der Waals surface area contributed by atoms with Gasteiger partial charge in [0.25, 0.3) is 0 Å². The van der Waals surface area contributed by atoms with Crippen LogP contribution in [0.3, 0.4) is 0 Å². The Morgan fingerprint density at radius 1 is 1.57 bits per heavy atom. The van der Waals surface area contributed by atoms with Gasteiger partial charge in [-0.3, -0.25) is 4.79 Å². The zero-order valence-corrected chi connectivity index (χ0v) is 9.82. The van der Waals surface area contributed by atoms with Crippen molar-refractivity contribution in [3.05, 3.63) is 3.56 Å². The summed E-state index contributed by atoms with van der Waals surface area (Å²) in [6.45, 7) is 0.570. The highest BCUT2D eigenvalue weighted by Crippen LogP contribution is 1.99. The van der Waals surface area contributed by atoms with Crippen LogP contribution in [-0.2, 0) is 4.79 Å². The van der Waals surface area contributed by atoms with Gasteiger partial charge in [0, 0.05) is 0 Å². The van der Waals surface area contributed by atoms with Crippen molar-refractivity contribution in [2.45, 2.75) is 25.3 Å². The Bertz CT molecular complexity index is 180. The van der Waals surface area contributed by atoms with Crippen molar-refractivity contribution in [1.82, 2.24) is 14.6 Å². The number of aliphatic carboxylic acids is 1. The number of nitrogens with zero attached hydrogens (tertiary/aromatic N) is 1. The Labute approximate surface area is 93.1 Å². The number of rotatable bonds is 9. The molecular formula is C6H15IN5O2-. The molecule has 0 amide bonds.